The van der Waals surface area contributed by atoms with E-state index in [1.165, 1.54) is 23.7 Å². The monoisotopic (exact) mass is 657 g/mol. The van der Waals surface area contributed by atoms with Crippen molar-refractivity contribution in [1.82, 2.24) is 10.2 Å². The molecule has 234 valence electrons. The van der Waals surface area contributed by atoms with Crippen molar-refractivity contribution in [2.45, 2.75) is 51.2 Å². The second-order valence-corrected chi connectivity index (χ2v) is 14.8. The van der Waals surface area contributed by atoms with Gasteiger partial charge in [0.1, 0.15) is 16.4 Å². The van der Waals surface area contributed by atoms with Crippen LogP contribution in [0.2, 0.25) is 5.02 Å². The molecule has 44 heavy (non-hydrogen) atoms. The second-order valence-electron chi connectivity index (χ2n) is 11.3. The van der Waals surface area contributed by atoms with Gasteiger partial charge in [-0.25, -0.2) is 12.8 Å². The van der Waals surface area contributed by atoms with Crippen molar-refractivity contribution in [3.05, 3.63) is 81.4 Å². The number of carbonyl (C=O) groups excluding carboxylic acids is 1. The molecule has 1 saturated carbocycles. The first-order valence-electron chi connectivity index (χ1n) is 14.5. The van der Waals surface area contributed by atoms with Gasteiger partial charge in [-0.1, -0.05) is 35.9 Å². The molecule has 0 atom stereocenters. The van der Waals surface area contributed by atoms with Gasteiger partial charge in [0.05, 0.1) is 28.8 Å². The summed E-state index contributed by atoms with van der Waals surface area (Å²) in [5.74, 6) is 0.0393. The molecule has 7 nitrogen and oxygen atoms in total. The zero-order chi connectivity index (χ0) is 31.8. The maximum atomic E-state index is 14.8. The number of anilines is 1. The van der Waals surface area contributed by atoms with E-state index in [9.17, 15) is 17.6 Å². The highest BCUT2D eigenvalue weighted by Gasteiger charge is 2.33. The Kier molecular flexibility index (Phi) is 9.55. The number of ether oxygens (including phenoxy) is 1. The Morgan fingerprint density at radius 2 is 1.73 bits per heavy atom. The Balaban J connectivity index is 1.53. The van der Waals surface area contributed by atoms with Crippen molar-refractivity contribution in [2.24, 2.45) is 0 Å². The van der Waals surface area contributed by atoms with E-state index in [4.69, 9.17) is 16.3 Å². The van der Waals surface area contributed by atoms with Gasteiger partial charge in [-0.3, -0.25) is 9.10 Å². The molecule has 1 N–H and O–H groups in total. The number of thiophene rings is 1. The normalized spacial score (nSPS) is 17.1. The third kappa shape index (κ3) is 6.44. The van der Waals surface area contributed by atoms with Gasteiger partial charge in [0, 0.05) is 36.6 Å². The summed E-state index contributed by atoms with van der Waals surface area (Å²) in [4.78, 5) is 16.6. The zero-order valence-electron chi connectivity index (χ0n) is 25.5. The molecule has 11 heteroatoms. The van der Waals surface area contributed by atoms with E-state index in [0.717, 1.165) is 59.3 Å². The molecular formula is C33H37ClFN3O4S2. The van der Waals surface area contributed by atoms with Gasteiger partial charge in [-0.15, -0.1) is 11.3 Å². The minimum absolute atomic E-state index is 0.0292. The second kappa shape index (κ2) is 13.0. The lowest BCUT2D eigenvalue weighted by atomic mass is 9.89. The molecular weight excluding hydrogens is 621 g/mol. The van der Waals surface area contributed by atoms with Crippen molar-refractivity contribution in [1.29, 1.82) is 0 Å². The van der Waals surface area contributed by atoms with Crippen molar-refractivity contribution < 1.29 is 22.3 Å². The van der Waals surface area contributed by atoms with Gasteiger partial charge < -0.3 is 15.0 Å². The maximum Gasteiger partial charge on any atom is 0.266 e. The van der Waals surface area contributed by atoms with E-state index in [0.29, 0.717) is 37.5 Å². The van der Waals surface area contributed by atoms with Crippen molar-refractivity contribution in [3.8, 4) is 16.9 Å². The summed E-state index contributed by atoms with van der Waals surface area (Å²) in [7, 11) is 1.70. The molecule has 1 heterocycles. The molecule has 1 aliphatic carbocycles. The molecule has 0 spiro atoms. The van der Waals surface area contributed by atoms with Gasteiger partial charge >= 0.3 is 0 Å². The molecule has 0 bridgehead atoms. The number of hydrogen-bond acceptors (Lipinski definition) is 6. The molecule has 5 rings (SSSR count). The summed E-state index contributed by atoms with van der Waals surface area (Å²) in [5, 5.41) is 4.23. The van der Waals surface area contributed by atoms with Crippen LogP contribution in [-0.2, 0) is 16.6 Å². The average molecular weight is 658 g/mol. The Labute approximate surface area is 267 Å². The van der Waals surface area contributed by atoms with Gasteiger partial charge in [-0.2, -0.15) is 0 Å². The Morgan fingerprint density at radius 3 is 2.32 bits per heavy atom. The van der Waals surface area contributed by atoms with Crippen LogP contribution < -0.4 is 14.4 Å². The zero-order valence-corrected chi connectivity index (χ0v) is 27.9. The van der Waals surface area contributed by atoms with Crippen LogP contribution in [0.5, 0.6) is 5.75 Å². The van der Waals surface area contributed by atoms with Gasteiger partial charge in [0.15, 0.2) is 0 Å². The fraction of sp³-hybridized carbons (Fsp3) is 0.364. The summed E-state index contributed by atoms with van der Waals surface area (Å²) in [6.07, 6.45) is 4.68. The fourth-order valence-corrected chi connectivity index (χ4v) is 8.05. The highest BCUT2D eigenvalue weighted by Crippen LogP contribution is 2.41. The van der Waals surface area contributed by atoms with Crippen LogP contribution in [0.3, 0.4) is 0 Å². The predicted molar refractivity (Wildman–Crippen MR) is 178 cm³/mol. The average Bonchev–Trinajstić information content (AvgIpc) is 3.38. The minimum atomic E-state index is -3.38. The quantitative estimate of drug-likeness (QED) is 0.205. The topological polar surface area (TPSA) is 78.9 Å². The van der Waals surface area contributed by atoms with E-state index in [1.807, 2.05) is 49.2 Å². The highest BCUT2D eigenvalue weighted by atomic mass is 35.5. The number of sulfonamides is 1. The van der Waals surface area contributed by atoms with E-state index < -0.39 is 10.0 Å². The number of methoxy groups -OCH3 is 1. The van der Waals surface area contributed by atoms with Gasteiger partial charge in [0.2, 0.25) is 10.0 Å². The van der Waals surface area contributed by atoms with Crippen LogP contribution in [0.15, 0.2) is 54.6 Å². The molecule has 1 aliphatic rings. The molecule has 0 aliphatic heterocycles. The number of fused-ring (bicyclic) bond motifs is 1. The first-order valence-corrected chi connectivity index (χ1v) is 17.5. The molecule has 0 saturated heterocycles. The van der Waals surface area contributed by atoms with Crippen molar-refractivity contribution >= 4 is 54.6 Å². The van der Waals surface area contributed by atoms with Gasteiger partial charge in [0.25, 0.3) is 5.91 Å². The highest BCUT2D eigenvalue weighted by molar-refractivity contribution is 7.92. The smallest absolute Gasteiger partial charge is 0.266 e. The summed E-state index contributed by atoms with van der Waals surface area (Å²) >= 11 is 7.92. The van der Waals surface area contributed by atoms with Crippen LogP contribution in [-0.4, -0.2) is 58.8 Å². The standard InChI is InChI=1S/C33H37ClFN3O4S2/c1-20-6-16-27(35)31-29(20)30(34)32(43-31)33(39)38(26-14-10-24(36-2)11-15-26)19-23-18-22(9-17-28(23)42-4)21-7-12-25(13-8-21)37(3)44(5,40)41/h6-9,12-13,16-18,24,26,36H,10-11,14-15,19H2,1-5H3. The number of amides is 1. The SMILES string of the molecule is CNC1CCC(N(Cc2cc(-c3ccc(N(C)S(C)(=O)=O)cc3)ccc2OC)C(=O)c2sc3c(F)ccc(C)c3c2Cl)CC1. The fourth-order valence-electron chi connectivity index (χ4n) is 5.92. The molecule has 1 fully saturated rings. The lowest BCUT2D eigenvalue weighted by Gasteiger charge is -2.37. The first kappa shape index (κ1) is 32.2. The van der Waals surface area contributed by atoms with E-state index in [1.54, 1.807) is 25.3 Å². The lowest BCUT2D eigenvalue weighted by molar-refractivity contribution is 0.0604. The van der Waals surface area contributed by atoms with Crippen LogP contribution in [0.25, 0.3) is 21.2 Å². The number of aryl methyl sites for hydroxylation is 1. The van der Waals surface area contributed by atoms with Crippen LogP contribution >= 0.6 is 22.9 Å². The Morgan fingerprint density at radius 1 is 1.07 bits per heavy atom. The van der Waals surface area contributed by atoms with Crippen LogP contribution in [0.1, 0.15) is 46.5 Å². The number of rotatable bonds is 9. The van der Waals surface area contributed by atoms with Crippen molar-refractivity contribution in [2.75, 3.05) is 31.8 Å². The molecule has 1 aromatic heterocycles. The number of nitrogens with zero attached hydrogens (tertiary/aromatic N) is 2. The number of hydrogen-bond donors (Lipinski definition) is 1. The summed E-state index contributed by atoms with van der Waals surface area (Å²) in [5.41, 5.74) is 4.01. The number of benzene rings is 3. The van der Waals surface area contributed by atoms with Gasteiger partial charge in [-0.05, 0) is 86.7 Å². The largest absolute Gasteiger partial charge is 0.496 e. The van der Waals surface area contributed by atoms with Crippen LogP contribution in [0, 0.1) is 12.7 Å². The summed E-state index contributed by atoms with van der Waals surface area (Å²) in [6, 6.07) is 16.6. The number of nitrogens with one attached hydrogen (secondary N) is 1. The molecule has 4 aromatic rings. The predicted octanol–water partition coefficient (Wildman–Crippen LogP) is 7.25. The number of carbonyl (C=O) groups is 1. The summed E-state index contributed by atoms with van der Waals surface area (Å²) in [6.45, 7) is 2.15. The molecule has 1 amide bonds. The minimum Gasteiger partial charge on any atom is -0.496 e. The van der Waals surface area contributed by atoms with E-state index in [-0.39, 0.29) is 24.3 Å². The van der Waals surface area contributed by atoms with E-state index >= 15 is 0 Å². The van der Waals surface area contributed by atoms with E-state index in [2.05, 4.69) is 5.32 Å². The summed E-state index contributed by atoms with van der Waals surface area (Å²) < 4.78 is 46.1. The molecule has 0 radical (unpaired) electrons. The third-order valence-electron chi connectivity index (χ3n) is 8.62. The number of halogens is 2. The first-order chi connectivity index (χ1) is 20.9. The molecule has 3 aromatic carbocycles. The van der Waals surface area contributed by atoms with Crippen LogP contribution in [0.4, 0.5) is 10.1 Å². The third-order valence-corrected chi connectivity index (χ3v) is 11.5. The lowest BCUT2D eigenvalue weighted by Crippen LogP contribution is -2.44. The Hall–Kier alpha value is -3.18. The van der Waals surface area contributed by atoms with Crippen molar-refractivity contribution in [3.63, 3.8) is 0 Å². The Bertz CT molecular complexity index is 1790. The maximum absolute atomic E-state index is 14.8. The molecule has 0 unspecified atom stereocenters.